The normalized spacial score (nSPS) is 21.4. The molecule has 1 aliphatic rings. The topological polar surface area (TPSA) is 79.8 Å². The van der Waals surface area contributed by atoms with Gasteiger partial charge in [-0.25, -0.2) is 8.42 Å². The second-order valence-electron chi connectivity index (χ2n) is 6.02. The molecule has 1 fully saturated rings. The highest BCUT2D eigenvalue weighted by molar-refractivity contribution is 7.91. The average Bonchev–Trinajstić information content (AvgIpc) is 2.92. The van der Waals surface area contributed by atoms with Crippen molar-refractivity contribution in [2.24, 2.45) is 4.99 Å². The van der Waals surface area contributed by atoms with Gasteiger partial charge >= 0.3 is 0 Å². The molecule has 0 radical (unpaired) electrons. The summed E-state index contributed by atoms with van der Waals surface area (Å²) in [5, 5.41) is 6.37. The van der Waals surface area contributed by atoms with Gasteiger partial charge in [0.05, 0.1) is 17.6 Å². The summed E-state index contributed by atoms with van der Waals surface area (Å²) >= 11 is 0. The number of guanidine groups is 1. The van der Waals surface area contributed by atoms with Gasteiger partial charge in [0.15, 0.2) is 15.8 Å². The first-order valence-electron chi connectivity index (χ1n) is 8.34. The van der Waals surface area contributed by atoms with Crippen LogP contribution >= 0.6 is 0 Å². The molecule has 2 unspecified atom stereocenters. The molecule has 7 heteroatoms. The Hall–Kier alpha value is -1.60. The predicted molar refractivity (Wildman–Crippen MR) is 97.0 cm³/mol. The smallest absolute Gasteiger partial charge is 0.191 e. The van der Waals surface area contributed by atoms with Crippen molar-refractivity contribution in [2.75, 3.05) is 31.7 Å². The summed E-state index contributed by atoms with van der Waals surface area (Å²) < 4.78 is 28.8. The molecule has 2 rings (SSSR count). The lowest BCUT2D eigenvalue weighted by Crippen LogP contribution is -2.44. The number of hydrogen-bond donors (Lipinski definition) is 2. The van der Waals surface area contributed by atoms with Gasteiger partial charge in [0.25, 0.3) is 0 Å². The molecule has 1 saturated heterocycles. The molecule has 1 heterocycles. The number of hydrogen-bond acceptors (Lipinski definition) is 4. The van der Waals surface area contributed by atoms with Gasteiger partial charge in [0.1, 0.15) is 0 Å². The van der Waals surface area contributed by atoms with E-state index < -0.39 is 9.84 Å². The SMILES string of the molecule is CN=C(NCCCOC(C)c1ccccc1)NC1CCS(=O)(=O)C1. The van der Waals surface area contributed by atoms with E-state index in [4.69, 9.17) is 4.74 Å². The van der Waals surface area contributed by atoms with Crippen molar-refractivity contribution in [1.82, 2.24) is 10.6 Å². The van der Waals surface area contributed by atoms with Crippen LogP contribution in [0.25, 0.3) is 0 Å². The lowest BCUT2D eigenvalue weighted by Gasteiger charge is -2.17. The molecule has 0 aromatic heterocycles. The van der Waals surface area contributed by atoms with Crippen LogP contribution in [-0.2, 0) is 14.6 Å². The highest BCUT2D eigenvalue weighted by Crippen LogP contribution is 2.15. The third kappa shape index (κ3) is 6.13. The molecule has 1 aliphatic heterocycles. The zero-order valence-corrected chi connectivity index (χ0v) is 15.2. The average molecular weight is 353 g/mol. The van der Waals surface area contributed by atoms with Gasteiger partial charge in [-0.1, -0.05) is 30.3 Å². The number of aliphatic imine (C=N–C) groups is 1. The molecule has 134 valence electrons. The Morgan fingerprint density at radius 2 is 2.12 bits per heavy atom. The molecule has 0 spiro atoms. The van der Waals surface area contributed by atoms with Crippen LogP contribution < -0.4 is 10.6 Å². The quantitative estimate of drug-likeness (QED) is 0.441. The molecule has 2 N–H and O–H groups in total. The molecule has 2 atom stereocenters. The van der Waals surface area contributed by atoms with Gasteiger partial charge in [-0.3, -0.25) is 4.99 Å². The molecule has 1 aromatic carbocycles. The largest absolute Gasteiger partial charge is 0.374 e. The fraction of sp³-hybridized carbons (Fsp3) is 0.588. The number of sulfone groups is 1. The molecular formula is C17H27N3O3S. The van der Waals surface area contributed by atoms with Crippen LogP contribution in [0.5, 0.6) is 0 Å². The molecule has 0 saturated carbocycles. The maximum absolute atomic E-state index is 11.5. The number of benzene rings is 1. The lowest BCUT2D eigenvalue weighted by molar-refractivity contribution is 0.0646. The van der Waals surface area contributed by atoms with Crippen LogP contribution in [0.3, 0.4) is 0 Å². The van der Waals surface area contributed by atoms with Gasteiger partial charge in [-0.15, -0.1) is 0 Å². The zero-order valence-electron chi connectivity index (χ0n) is 14.4. The van der Waals surface area contributed by atoms with E-state index in [9.17, 15) is 8.42 Å². The zero-order chi connectivity index (χ0) is 17.4. The van der Waals surface area contributed by atoms with Crippen LogP contribution in [0.4, 0.5) is 0 Å². The Morgan fingerprint density at radius 3 is 2.75 bits per heavy atom. The summed E-state index contributed by atoms with van der Waals surface area (Å²) in [6, 6.07) is 10.1. The number of rotatable bonds is 7. The van der Waals surface area contributed by atoms with E-state index in [2.05, 4.69) is 27.8 Å². The molecule has 1 aromatic rings. The Kier molecular flexibility index (Phi) is 7.05. The van der Waals surface area contributed by atoms with E-state index >= 15 is 0 Å². The van der Waals surface area contributed by atoms with E-state index in [1.54, 1.807) is 7.05 Å². The van der Waals surface area contributed by atoms with Crippen molar-refractivity contribution in [1.29, 1.82) is 0 Å². The van der Waals surface area contributed by atoms with Crippen LogP contribution in [0.15, 0.2) is 35.3 Å². The Bertz CT molecular complexity index is 632. The maximum Gasteiger partial charge on any atom is 0.191 e. The first kappa shape index (κ1) is 18.7. The minimum absolute atomic E-state index is 0.0458. The van der Waals surface area contributed by atoms with Gasteiger partial charge in [-0.2, -0.15) is 0 Å². The highest BCUT2D eigenvalue weighted by atomic mass is 32.2. The summed E-state index contributed by atoms with van der Waals surface area (Å²) in [6.45, 7) is 3.42. The lowest BCUT2D eigenvalue weighted by atomic mass is 10.1. The monoisotopic (exact) mass is 353 g/mol. The summed E-state index contributed by atoms with van der Waals surface area (Å²) in [4.78, 5) is 4.14. The minimum Gasteiger partial charge on any atom is -0.374 e. The number of ether oxygens (including phenoxy) is 1. The van der Waals surface area contributed by atoms with Crippen molar-refractivity contribution in [2.45, 2.75) is 31.9 Å². The van der Waals surface area contributed by atoms with Crippen LogP contribution in [-0.4, -0.2) is 52.1 Å². The Morgan fingerprint density at radius 1 is 1.38 bits per heavy atom. The minimum atomic E-state index is -2.88. The molecule has 0 amide bonds. The summed E-state index contributed by atoms with van der Waals surface area (Å²) in [6.07, 6.45) is 1.56. The predicted octanol–water partition coefficient (Wildman–Crippen LogP) is 1.51. The Balaban J connectivity index is 1.62. The van der Waals surface area contributed by atoms with Crippen molar-refractivity contribution in [3.63, 3.8) is 0 Å². The third-order valence-corrected chi connectivity index (χ3v) is 5.82. The third-order valence-electron chi connectivity index (χ3n) is 4.05. The summed E-state index contributed by atoms with van der Waals surface area (Å²) in [7, 11) is -1.19. The summed E-state index contributed by atoms with van der Waals surface area (Å²) in [5.74, 6) is 1.09. The van der Waals surface area contributed by atoms with Crippen molar-refractivity contribution in [3.8, 4) is 0 Å². The highest BCUT2D eigenvalue weighted by Gasteiger charge is 2.28. The molecule has 6 nitrogen and oxygen atoms in total. The molecular weight excluding hydrogens is 326 g/mol. The summed E-state index contributed by atoms with van der Waals surface area (Å²) in [5.41, 5.74) is 1.17. The van der Waals surface area contributed by atoms with E-state index in [0.717, 1.165) is 13.0 Å². The van der Waals surface area contributed by atoms with Gasteiger partial charge in [-0.05, 0) is 25.3 Å². The van der Waals surface area contributed by atoms with Gasteiger partial charge in [0.2, 0.25) is 0 Å². The van der Waals surface area contributed by atoms with Gasteiger partial charge < -0.3 is 15.4 Å². The van der Waals surface area contributed by atoms with Crippen LogP contribution in [0, 0.1) is 0 Å². The van der Waals surface area contributed by atoms with Crippen LogP contribution in [0.1, 0.15) is 31.4 Å². The molecule has 24 heavy (non-hydrogen) atoms. The molecule has 0 aliphatic carbocycles. The van der Waals surface area contributed by atoms with E-state index in [-0.39, 0.29) is 23.7 Å². The Labute approximate surface area is 144 Å². The van der Waals surface area contributed by atoms with E-state index in [1.807, 2.05) is 25.1 Å². The fourth-order valence-corrected chi connectivity index (χ4v) is 4.33. The first-order valence-corrected chi connectivity index (χ1v) is 10.2. The molecule has 0 bridgehead atoms. The maximum atomic E-state index is 11.5. The van der Waals surface area contributed by atoms with Crippen molar-refractivity contribution >= 4 is 15.8 Å². The second kappa shape index (κ2) is 9.03. The van der Waals surface area contributed by atoms with Crippen molar-refractivity contribution in [3.05, 3.63) is 35.9 Å². The second-order valence-corrected chi connectivity index (χ2v) is 8.25. The number of nitrogens with zero attached hydrogens (tertiary/aromatic N) is 1. The van der Waals surface area contributed by atoms with Crippen LogP contribution in [0.2, 0.25) is 0 Å². The van der Waals surface area contributed by atoms with E-state index in [0.29, 0.717) is 19.0 Å². The standard InChI is InChI=1S/C17H27N3O3S/c1-14(15-7-4-3-5-8-15)23-11-6-10-19-17(18-2)20-16-9-12-24(21,22)13-16/h3-5,7-8,14,16H,6,9-13H2,1-2H3,(H2,18,19,20). The van der Waals surface area contributed by atoms with E-state index in [1.165, 1.54) is 5.56 Å². The fourth-order valence-electron chi connectivity index (χ4n) is 2.66. The first-order chi connectivity index (χ1) is 11.5. The van der Waals surface area contributed by atoms with Gasteiger partial charge in [0, 0.05) is 26.2 Å². The van der Waals surface area contributed by atoms with Crippen molar-refractivity contribution < 1.29 is 13.2 Å². The number of nitrogens with one attached hydrogen (secondary N) is 2.